The fraction of sp³-hybridized carbons (Fsp3) is 0.0200. The number of benzene rings is 8. The molecule has 0 bridgehead atoms. The van der Waals surface area contributed by atoms with E-state index in [1.54, 1.807) is 0 Å². The Morgan fingerprint density at radius 3 is 1.50 bits per heavy atom. The van der Waals surface area contributed by atoms with E-state index in [1.807, 2.05) is 30.0 Å². The lowest BCUT2D eigenvalue weighted by Gasteiger charge is -2.40. The van der Waals surface area contributed by atoms with E-state index in [2.05, 4.69) is 170 Å². The summed E-state index contributed by atoms with van der Waals surface area (Å²) in [6, 6.07) is 67.2. The van der Waals surface area contributed by atoms with Gasteiger partial charge in [0.2, 0.25) is 0 Å². The number of hydrogen-bond acceptors (Lipinski definition) is 4. The van der Waals surface area contributed by atoms with Crippen molar-refractivity contribution in [1.82, 2.24) is 15.0 Å². The fourth-order valence-corrected chi connectivity index (χ4v) is 10.0. The Labute approximate surface area is 318 Å². The lowest BCUT2D eigenvalue weighted by molar-refractivity contribution is 0.722. The topological polar surface area (TPSA) is 38.7 Å². The maximum atomic E-state index is 5.38. The van der Waals surface area contributed by atoms with Crippen molar-refractivity contribution < 1.29 is 0 Å². The second-order valence-electron chi connectivity index (χ2n) is 13.9. The molecule has 0 fully saturated rings. The molecule has 1 aromatic heterocycles. The van der Waals surface area contributed by atoms with Gasteiger partial charge < -0.3 is 0 Å². The Hall–Kier alpha value is -6.62. The summed E-state index contributed by atoms with van der Waals surface area (Å²) in [5.74, 6) is 1.96. The molecule has 1 aliphatic carbocycles. The summed E-state index contributed by atoms with van der Waals surface area (Å²) in [6.07, 6.45) is 0. The Kier molecular flexibility index (Phi) is 7.01. The smallest absolute Gasteiger partial charge is 0.165 e. The van der Waals surface area contributed by atoms with Crippen LogP contribution in [-0.4, -0.2) is 15.0 Å². The van der Waals surface area contributed by atoms with Crippen LogP contribution in [0.4, 0.5) is 0 Å². The third-order valence-corrected chi connectivity index (χ3v) is 12.3. The van der Waals surface area contributed by atoms with Crippen molar-refractivity contribution in [2.24, 2.45) is 0 Å². The van der Waals surface area contributed by atoms with Crippen molar-refractivity contribution in [2.45, 2.75) is 15.2 Å². The Bertz CT molecular complexity index is 2870. The van der Waals surface area contributed by atoms with E-state index < -0.39 is 5.41 Å². The summed E-state index contributed by atoms with van der Waals surface area (Å²) >= 11 is 1.82. The molecule has 3 nitrogen and oxygen atoms in total. The Morgan fingerprint density at radius 1 is 0.315 bits per heavy atom. The van der Waals surface area contributed by atoms with E-state index in [0.29, 0.717) is 17.5 Å². The molecule has 0 unspecified atom stereocenters. The van der Waals surface area contributed by atoms with E-state index in [4.69, 9.17) is 15.0 Å². The van der Waals surface area contributed by atoms with Crippen LogP contribution in [0.1, 0.15) is 22.3 Å². The molecule has 0 atom stereocenters. The normalized spacial score (nSPS) is 13.3. The van der Waals surface area contributed by atoms with Gasteiger partial charge in [0.05, 0.1) is 5.41 Å². The van der Waals surface area contributed by atoms with Crippen molar-refractivity contribution in [3.63, 3.8) is 0 Å². The van der Waals surface area contributed by atoms with Crippen LogP contribution in [0.15, 0.2) is 198 Å². The van der Waals surface area contributed by atoms with Gasteiger partial charge in [-0.05, 0) is 67.4 Å². The summed E-state index contributed by atoms with van der Waals surface area (Å²) in [5.41, 5.74) is 12.5. The van der Waals surface area contributed by atoms with Crippen molar-refractivity contribution in [3.05, 3.63) is 210 Å². The molecular weight excluding hydrogens is 675 g/mol. The van der Waals surface area contributed by atoms with Gasteiger partial charge in [0.1, 0.15) is 0 Å². The summed E-state index contributed by atoms with van der Waals surface area (Å²) in [5, 5.41) is 2.26. The predicted octanol–water partition coefficient (Wildman–Crippen LogP) is 12.5. The van der Waals surface area contributed by atoms with Crippen LogP contribution in [0.3, 0.4) is 0 Å². The average Bonchev–Trinajstić information content (AvgIpc) is 3.54. The summed E-state index contributed by atoms with van der Waals surface area (Å²) < 4.78 is 0. The Balaban J connectivity index is 1.18. The molecule has 9 aromatic rings. The van der Waals surface area contributed by atoms with Crippen LogP contribution in [0.25, 0.3) is 67.2 Å². The molecule has 2 aliphatic rings. The number of aromatic nitrogens is 3. The van der Waals surface area contributed by atoms with Crippen LogP contribution in [0.2, 0.25) is 0 Å². The first-order valence-corrected chi connectivity index (χ1v) is 19.1. The standard InChI is InChI=1S/C50H31N3S/c1-3-16-32(17-4-1)34-30-31-39(36-21-8-7-20-35(34)36)48-51-47(33-18-5-2-6-19-33)52-49(53-48)40-24-15-28-44-46(40)54-45-29-14-13-27-43(45)50(44)41-25-11-9-22-37(41)38-23-10-12-26-42(38)50/h1-31H. The largest absolute Gasteiger partial charge is 0.208 e. The van der Waals surface area contributed by atoms with E-state index in [9.17, 15) is 0 Å². The number of rotatable bonds is 4. The van der Waals surface area contributed by atoms with E-state index >= 15 is 0 Å². The summed E-state index contributed by atoms with van der Waals surface area (Å²) in [6.45, 7) is 0. The van der Waals surface area contributed by atoms with E-state index in [1.165, 1.54) is 54.3 Å². The lowest BCUT2D eigenvalue weighted by Crippen LogP contribution is -2.32. The first-order valence-electron chi connectivity index (χ1n) is 18.3. The maximum Gasteiger partial charge on any atom is 0.165 e. The molecule has 252 valence electrons. The molecule has 4 heteroatoms. The zero-order valence-corrected chi connectivity index (χ0v) is 30.0. The molecule has 0 radical (unpaired) electrons. The summed E-state index contributed by atoms with van der Waals surface area (Å²) in [4.78, 5) is 18.3. The van der Waals surface area contributed by atoms with E-state index in [0.717, 1.165) is 27.5 Å². The second-order valence-corrected chi connectivity index (χ2v) is 14.9. The molecular formula is C50H31N3S. The lowest BCUT2D eigenvalue weighted by atomic mass is 9.67. The zero-order valence-electron chi connectivity index (χ0n) is 29.1. The van der Waals surface area contributed by atoms with Crippen molar-refractivity contribution >= 4 is 22.5 Å². The highest BCUT2D eigenvalue weighted by atomic mass is 32.2. The molecule has 11 rings (SSSR count). The van der Waals surface area contributed by atoms with Gasteiger partial charge in [-0.15, -0.1) is 0 Å². The van der Waals surface area contributed by atoms with Gasteiger partial charge in [-0.3, -0.25) is 0 Å². The minimum absolute atomic E-state index is 0.484. The monoisotopic (exact) mass is 705 g/mol. The zero-order chi connectivity index (χ0) is 35.6. The first kappa shape index (κ1) is 31.0. The molecule has 0 amide bonds. The van der Waals surface area contributed by atoms with Crippen LogP contribution in [0, 0.1) is 0 Å². The Morgan fingerprint density at radius 2 is 0.796 bits per heavy atom. The highest BCUT2D eigenvalue weighted by Crippen LogP contribution is 2.63. The highest BCUT2D eigenvalue weighted by Gasteiger charge is 2.50. The third kappa shape index (κ3) is 4.54. The van der Waals surface area contributed by atoms with Gasteiger partial charge in [0.15, 0.2) is 17.5 Å². The first-order chi connectivity index (χ1) is 26.8. The molecule has 54 heavy (non-hydrogen) atoms. The minimum atomic E-state index is -0.484. The number of fused-ring (bicyclic) bond motifs is 10. The van der Waals surface area contributed by atoms with Gasteiger partial charge >= 0.3 is 0 Å². The van der Waals surface area contributed by atoms with Crippen molar-refractivity contribution in [1.29, 1.82) is 0 Å². The molecule has 0 saturated carbocycles. The number of hydrogen-bond donors (Lipinski definition) is 0. The van der Waals surface area contributed by atoms with Crippen LogP contribution >= 0.6 is 11.8 Å². The van der Waals surface area contributed by atoms with Crippen LogP contribution in [-0.2, 0) is 5.41 Å². The van der Waals surface area contributed by atoms with Gasteiger partial charge in [-0.2, -0.15) is 0 Å². The molecule has 2 heterocycles. The third-order valence-electron chi connectivity index (χ3n) is 11.0. The van der Waals surface area contributed by atoms with Gasteiger partial charge in [-0.25, -0.2) is 15.0 Å². The molecule has 0 saturated heterocycles. The molecule has 0 N–H and O–H groups in total. The number of nitrogens with zero attached hydrogens (tertiary/aromatic N) is 3. The van der Waals surface area contributed by atoms with Crippen molar-refractivity contribution in [3.8, 4) is 56.4 Å². The van der Waals surface area contributed by atoms with Gasteiger partial charge in [-0.1, -0.05) is 188 Å². The van der Waals surface area contributed by atoms with Crippen molar-refractivity contribution in [2.75, 3.05) is 0 Å². The summed E-state index contributed by atoms with van der Waals surface area (Å²) in [7, 11) is 0. The molecule has 1 aliphatic heterocycles. The minimum Gasteiger partial charge on any atom is -0.208 e. The van der Waals surface area contributed by atoms with Crippen LogP contribution in [0.5, 0.6) is 0 Å². The fourth-order valence-electron chi connectivity index (χ4n) is 8.75. The maximum absolute atomic E-state index is 5.38. The predicted molar refractivity (Wildman–Crippen MR) is 221 cm³/mol. The van der Waals surface area contributed by atoms with Gasteiger partial charge in [0.25, 0.3) is 0 Å². The SMILES string of the molecule is c1ccc(-c2nc(-c3cccc4c3Sc3ccccc3C43c4ccccc4-c4ccccc43)nc(-c3ccc(-c4ccccc4)c4ccccc34)n2)cc1. The average molecular weight is 706 g/mol. The highest BCUT2D eigenvalue weighted by molar-refractivity contribution is 7.99. The molecule has 1 spiro atoms. The van der Waals surface area contributed by atoms with Gasteiger partial charge in [0, 0.05) is 26.5 Å². The van der Waals surface area contributed by atoms with E-state index in [-0.39, 0.29) is 0 Å². The molecule has 8 aromatic carbocycles. The quantitative estimate of drug-likeness (QED) is 0.183. The second kappa shape index (κ2) is 12.2. The van der Waals surface area contributed by atoms with Crippen LogP contribution < -0.4 is 0 Å².